The molecule has 21 heavy (non-hydrogen) atoms. The number of amides is 1. The van der Waals surface area contributed by atoms with Crippen LogP contribution >= 0.6 is 11.6 Å². The van der Waals surface area contributed by atoms with Crippen LogP contribution in [-0.4, -0.2) is 18.8 Å². The number of ketones is 1. The molecule has 1 N–H and O–H groups in total. The lowest BCUT2D eigenvalue weighted by molar-refractivity contribution is -0.122. The zero-order valence-electron chi connectivity index (χ0n) is 11.7. The Labute approximate surface area is 128 Å². The lowest BCUT2D eigenvalue weighted by Crippen LogP contribution is -2.36. The van der Waals surface area contributed by atoms with Crippen molar-refractivity contribution in [3.8, 4) is 5.75 Å². The summed E-state index contributed by atoms with van der Waals surface area (Å²) in [4.78, 5) is 24.2. The van der Waals surface area contributed by atoms with Crippen LogP contribution in [0.5, 0.6) is 5.75 Å². The Hall–Kier alpha value is -1.81. The Morgan fingerprint density at radius 3 is 2.81 bits per heavy atom. The van der Waals surface area contributed by atoms with Crippen molar-refractivity contribution < 1.29 is 14.3 Å². The maximum absolute atomic E-state index is 12.3. The number of allylic oxidation sites excluding steroid dienone is 2. The number of rotatable bonds is 2. The Kier molecular flexibility index (Phi) is 3.72. The van der Waals surface area contributed by atoms with Crippen LogP contribution in [0.15, 0.2) is 29.5 Å². The number of ether oxygens (including phenoxy) is 1. The van der Waals surface area contributed by atoms with Crippen LogP contribution in [0.3, 0.4) is 0 Å². The van der Waals surface area contributed by atoms with Crippen molar-refractivity contribution in [3.63, 3.8) is 0 Å². The van der Waals surface area contributed by atoms with Gasteiger partial charge in [0, 0.05) is 30.0 Å². The lowest BCUT2D eigenvalue weighted by Gasteiger charge is -2.31. The molecule has 5 heteroatoms. The average molecular weight is 306 g/mol. The molecule has 0 saturated carbocycles. The topological polar surface area (TPSA) is 55.4 Å². The van der Waals surface area contributed by atoms with Gasteiger partial charge in [0.05, 0.1) is 12.1 Å². The number of carbonyl (C=O) groups excluding carboxylic acids is 2. The number of nitrogens with one attached hydrogen (secondary N) is 1. The van der Waals surface area contributed by atoms with Gasteiger partial charge in [0.15, 0.2) is 5.78 Å². The number of hydrogen-bond acceptors (Lipinski definition) is 3. The van der Waals surface area contributed by atoms with Gasteiger partial charge in [-0.1, -0.05) is 17.7 Å². The highest BCUT2D eigenvalue weighted by atomic mass is 35.5. The van der Waals surface area contributed by atoms with E-state index < -0.39 is 0 Å². The maximum Gasteiger partial charge on any atom is 0.225 e. The molecule has 3 rings (SSSR count). The maximum atomic E-state index is 12.3. The van der Waals surface area contributed by atoms with Gasteiger partial charge in [-0.05, 0) is 30.5 Å². The van der Waals surface area contributed by atoms with Crippen molar-refractivity contribution in [2.45, 2.75) is 31.6 Å². The highest BCUT2D eigenvalue weighted by Crippen LogP contribution is 2.39. The van der Waals surface area contributed by atoms with Gasteiger partial charge in [0.2, 0.25) is 5.91 Å². The van der Waals surface area contributed by atoms with Crippen molar-refractivity contribution in [3.05, 3.63) is 40.1 Å². The first-order valence-corrected chi connectivity index (χ1v) is 7.37. The number of Topliss-reactive ketones (excluding diaryl/α,β-unsaturated/α-hetero) is 1. The number of benzene rings is 1. The van der Waals surface area contributed by atoms with E-state index in [1.807, 2.05) is 6.07 Å². The smallest absolute Gasteiger partial charge is 0.225 e. The Morgan fingerprint density at radius 1 is 1.29 bits per heavy atom. The predicted octanol–water partition coefficient (Wildman–Crippen LogP) is 2.96. The molecule has 0 spiro atoms. The summed E-state index contributed by atoms with van der Waals surface area (Å²) in [6.07, 6.45) is 2.39. The van der Waals surface area contributed by atoms with Crippen molar-refractivity contribution >= 4 is 23.3 Å². The first kappa shape index (κ1) is 14.1. The second-order valence-electron chi connectivity index (χ2n) is 5.37. The SMILES string of the molecule is COc1ccc([C@H]2CC(=O)NC3=C2C(=O)CCC3)cc1Cl. The zero-order chi connectivity index (χ0) is 15.0. The highest BCUT2D eigenvalue weighted by molar-refractivity contribution is 6.32. The minimum atomic E-state index is -0.204. The molecule has 1 aliphatic carbocycles. The van der Waals surface area contributed by atoms with E-state index in [1.165, 1.54) is 0 Å². The number of carbonyl (C=O) groups is 2. The first-order valence-electron chi connectivity index (χ1n) is 6.99. The van der Waals surface area contributed by atoms with E-state index in [4.69, 9.17) is 16.3 Å². The van der Waals surface area contributed by atoms with E-state index in [1.54, 1.807) is 19.2 Å². The molecule has 0 bridgehead atoms. The van der Waals surface area contributed by atoms with Crippen LogP contribution in [0.2, 0.25) is 5.02 Å². The molecule has 4 nitrogen and oxygen atoms in total. The Morgan fingerprint density at radius 2 is 2.10 bits per heavy atom. The zero-order valence-corrected chi connectivity index (χ0v) is 12.5. The molecule has 1 heterocycles. The summed E-state index contributed by atoms with van der Waals surface area (Å²) in [5, 5.41) is 3.34. The quantitative estimate of drug-likeness (QED) is 0.914. The molecule has 1 aromatic rings. The van der Waals surface area contributed by atoms with E-state index in [-0.39, 0.29) is 24.0 Å². The summed E-state index contributed by atoms with van der Waals surface area (Å²) < 4.78 is 5.15. The lowest BCUT2D eigenvalue weighted by atomic mass is 9.78. The number of hydrogen-bond donors (Lipinski definition) is 1. The van der Waals surface area contributed by atoms with Crippen LogP contribution in [0, 0.1) is 0 Å². The van der Waals surface area contributed by atoms with Crippen LogP contribution in [0.4, 0.5) is 0 Å². The van der Waals surface area contributed by atoms with E-state index >= 15 is 0 Å². The van der Waals surface area contributed by atoms with E-state index in [0.717, 1.165) is 29.7 Å². The normalized spacial score (nSPS) is 21.9. The minimum Gasteiger partial charge on any atom is -0.495 e. The average Bonchev–Trinajstić information content (AvgIpc) is 2.46. The van der Waals surface area contributed by atoms with E-state index in [9.17, 15) is 9.59 Å². The van der Waals surface area contributed by atoms with E-state index in [0.29, 0.717) is 17.2 Å². The Balaban J connectivity index is 2.05. The molecule has 2 aliphatic rings. The standard InChI is InChI=1S/C16H16ClNO3/c1-21-14-6-5-9(7-11(14)17)10-8-15(20)18-12-3-2-4-13(19)16(10)12/h5-7,10H,2-4,8H2,1H3,(H,18,20)/t10-/m1/s1. The van der Waals surface area contributed by atoms with Crippen molar-refractivity contribution in [1.82, 2.24) is 5.32 Å². The van der Waals surface area contributed by atoms with Crippen LogP contribution in [0.25, 0.3) is 0 Å². The van der Waals surface area contributed by atoms with Gasteiger partial charge in [-0.25, -0.2) is 0 Å². The first-order chi connectivity index (χ1) is 10.1. The largest absolute Gasteiger partial charge is 0.495 e. The van der Waals surface area contributed by atoms with Crippen molar-refractivity contribution in [2.24, 2.45) is 0 Å². The van der Waals surface area contributed by atoms with Gasteiger partial charge in [-0.15, -0.1) is 0 Å². The molecule has 110 valence electrons. The summed E-state index contributed by atoms with van der Waals surface area (Å²) in [5.41, 5.74) is 2.43. The minimum absolute atomic E-state index is 0.0413. The van der Waals surface area contributed by atoms with Gasteiger partial charge < -0.3 is 10.1 Å². The summed E-state index contributed by atoms with van der Waals surface area (Å²) >= 11 is 6.17. The van der Waals surface area contributed by atoms with Gasteiger partial charge in [-0.2, -0.15) is 0 Å². The van der Waals surface area contributed by atoms with Crippen LogP contribution < -0.4 is 10.1 Å². The van der Waals surface area contributed by atoms with Gasteiger partial charge in [0.25, 0.3) is 0 Å². The summed E-state index contributed by atoms with van der Waals surface area (Å²) in [6, 6.07) is 5.44. The predicted molar refractivity (Wildman–Crippen MR) is 79.4 cm³/mol. The molecule has 1 amide bonds. The molecular weight excluding hydrogens is 290 g/mol. The second-order valence-corrected chi connectivity index (χ2v) is 5.78. The van der Waals surface area contributed by atoms with Crippen LogP contribution in [-0.2, 0) is 9.59 Å². The molecule has 1 aliphatic heterocycles. The fraction of sp³-hybridized carbons (Fsp3) is 0.375. The third-order valence-corrected chi connectivity index (χ3v) is 4.36. The van der Waals surface area contributed by atoms with E-state index in [2.05, 4.69) is 5.32 Å². The molecule has 0 saturated heterocycles. The molecule has 0 radical (unpaired) electrons. The summed E-state index contributed by atoms with van der Waals surface area (Å²) in [6.45, 7) is 0. The molecule has 0 fully saturated rings. The number of halogens is 1. The molecule has 0 unspecified atom stereocenters. The fourth-order valence-electron chi connectivity index (χ4n) is 3.09. The van der Waals surface area contributed by atoms with Gasteiger partial charge in [0.1, 0.15) is 5.75 Å². The van der Waals surface area contributed by atoms with Crippen LogP contribution in [0.1, 0.15) is 37.2 Å². The third-order valence-electron chi connectivity index (χ3n) is 4.06. The molecule has 1 aromatic carbocycles. The fourth-order valence-corrected chi connectivity index (χ4v) is 3.35. The highest BCUT2D eigenvalue weighted by Gasteiger charge is 2.34. The molecule has 0 aromatic heterocycles. The molecule has 1 atom stereocenters. The number of methoxy groups -OCH3 is 1. The summed E-state index contributed by atoms with van der Waals surface area (Å²) in [5.74, 6) is 0.475. The van der Waals surface area contributed by atoms with Gasteiger partial charge in [-0.3, -0.25) is 9.59 Å². The third kappa shape index (κ3) is 2.56. The van der Waals surface area contributed by atoms with Crippen molar-refractivity contribution in [2.75, 3.05) is 7.11 Å². The monoisotopic (exact) mass is 305 g/mol. The second kappa shape index (κ2) is 5.53. The van der Waals surface area contributed by atoms with Crippen molar-refractivity contribution in [1.29, 1.82) is 0 Å². The Bertz CT molecular complexity index is 651. The summed E-state index contributed by atoms with van der Waals surface area (Å²) in [7, 11) is 1.56. The van der Waals surface area contributed by atoms with Gasteiger partial charge >= 0.3 is 0 Å². The molecular formula is C16H16ClNO3.